The average molecular weight is 426 g/mol. The number of para-hydroxylation sites is 2. The minimum atomic E-state index is -0.456. The van der Waals surface area contributed by atoms with Crippen molar-refractivity contribution in [1.82, 2.24) is 24.8 Å². The maximum Gasteiger partial charge on any atom is 0.282 e. The quantitative estimate of drug-likeness (QED) is 0.539. The number of nitrogens with one attached hydrogen (secondary N) is 1. The fourth-order valence-electron chi connectivity index (χ4n) is 4.01. The van der Waals surface area contributed by atoms with Crippen LogP contribution in [0.15, 0.2) is 71.7 Å². The maximum absolute atomic E-state index is 12.9. The van der Waals surface area contributed by atoms with E-state index in [1.807, 2.05) is 59.5 Å². The summed E-state index contributed by atoms with van der Waals surface area (Å²) in [6, 6.07) is 19.0. The van der Waals surface area contributed by atoms with Gasteiger partial charge >= 0.3 is 0 Å². The molecule has 1 aliphatic rings. The van der Waals surface area contributed by atoms with Crippen LogP contribution in [-0.4, -0.2) is 44.6 Å². The predicted octanol–water partition coefficient (Wildman–Crippen LogP) is 2.40. The van der Waals surface area contributed by atoms with Gasteiger partial charge in [-0.3, -0.25) is 9.59 Å². The summed E-state index contributed by atoms with van der Waals surface area (Å²) in [6.45, 7) is 1.28. The topological polar surface area (TPSA) is 93.0 Å². The molecule has 2 aromatic heterocycles. The van der Waals surface area contributed by atoms with Crippen molar-refractivity contribution in [1.29, 1.82) is 0 Å². The molecule has 1 atom stereocenters. The molecule has 4 aromatic rings. The summed E-state index contributed by atoms with van der Waals surface area (Å²) in [5, 5.41) is 2.96. The van der Waals surface area contributed by atoms with Gasteiger partial charge in [0.25, 0.3) is 11.5 Å². The molecule has 1 unspecified atom stereocenters. The zero-order chi connectivity index (χ0) is 22.1. The van der Waals surface area contributed by atoms with Gasteiger partial charge in [0, 0.05) is 37.9 Å². The summed E-state index contributed by atoms with van der Waals surface area (Å²) in [4.78, 5) is 41.0. The fourth-order valence-corrected chi connectivity index (χ4v) is 4.01. The number of hydrogen-bond acceptors (Lipinski definition) is 6. The lowest BCUT2D eigenvalue weighted by Gasteiger charge is -2.17. The van der Waals surface area contributed by atoms with E-state index in [2.05, 4.69) is 15.3 Å². The molecule has 2 aromatic carbocycles. The number of anilines is 1. The van der Waals surface area contributed by atoms with Crippen LogP contribution in [0.1, 0.15) is 16.9 Å². The van der Waals surface area contributed by atoms with Crippen molar-refractivity contribution in [3.05, 3.63) is 82.9 Å². The summed E-state index contributed by atoms with van der Waals surface area (Å²) >= 11 is 0. The van der Waals surface area contributed by atoms with Gasteiger partial charge in [0.2, 0.25) is 5.95 Å². The van der Waals surface area contributed by atoms with Gasteiger partial charge in [-0.05, 0) is 24.6 Å². The van der Waals surface area contributed by atoms with Crippen molar-refractivity contribution in [2.45, 2.75) is 12.5 Å². The SMILES string of the molecule is Cn1c(=O)c(C(=O)NC2CCN(c3nccc(-c4ccccc4)n3)C2)nc2ccccc21. The van der Waals surface area contributed by atoms with E-state index >= 15 is 0 Å². The molecule has 160 valence electrons. The number of hydrogen-bond donors (Lipinski definition) is 1. The number of aryl methyl sites for hydroxylation is 1. The smallest absolute Gasteiger partial charge is 0.282 e. The van der Waals surface area contributed by atoms with Gasteiger partial charge in [0.1, 0.15) is 0 Å². The van der Waals surface area contributed by atoms with E-state index in [0.717, 1.165) is 17.7 Å². The summed E-state index contributed by atoms with van der Waals surface area (Å²) in [5.74, 6) is 0.171. The molecule has 0 saturated carbocycles. The van der Waals surface area contributed by atoms with Crippen molar-refractivity contribution in [2.24, 2.45) is 7.05 Å². The van der Waals surface area contributed by atoms with Crippen molar-refractivity contribution in [2.75, 3.05) is 18.0 Å². The second-order valence-electron chi connectivity index (χ2n) is 7.83. The molecule has 1 amide bonds. The number of aromatic nitrogens is 4. The van der Waals surface area contributed by atoms with E-state index in [1.165, 1.54) is 4.57 Å². The Morgan fingerprint density at radius 2 is 1.81 bits per heavy atom. The number of carbonyl (C=O) groups excluding carboxylic acids is 1. The van der Waals surface area contributed by atoms with E-state index in [9.17, 15) is 9.59 Å². The van der Waals surface area contributed by atoms with Crippen LogP contribution in [0.4, 0.5) is 5.95 Å². The molecular weight excluding hydrogens is 404 g/mol. The van der Waals surface area contributed by atoms with Gasteiger partial charge in [-0.2, -0.15) is 0 Å². The highest BCUT2D eigenvalue weighted by Crippen LogP contribution is 2.21. The lowest BCUT2D eigenvalue weighted by atomic mass is 10.1. The second-order valence-corrected chi connectivity index (χ2v) is 7.83. The van der Waals surface area contributed by atoms with Crippen molar-refractivity contribution < 1.29 is 4.79 Å². The van der Waals surface area contributed by atoms with Gasteiger partial charge in [-0.15, -0.1) is 0 Å². The first kappa shape index (κ1) is 19.9. The van der Waals surface area contributed by atoms with Gasteiger partial charge in [0.05, 0.1) is 16.7 Å². The van der Waals surface area contributed by atoms with Crippen LogP contribution in [0.25, 0.3) is 22.3 Å². The van der Waals surface area contributed by atoms with Crippen molar-refractivity contribution in [3.8, 4) is 11.3 Å². The first-order chi connectivity index (χ1) is 15.6. The van der Waals surface area contributed by atoms with Crippen LogP contribution in [0.5, 0.6) is 0 Å². The Morgan fingerprint density at radius 3 is 2.66 bits per heavy atom. The molecule has 0 radical (unpaired) electrons. The number of amides is 1. The fraction of sp³-hybridized carbons (Fsp3) is 0.208. The average Bonchev–Trinajstić information content (AvgIpc) is 3.30. The Balaban J connectivity index is 1.32. The minimum absolute atomic E-state index is 0.0908. The number of nitrogens with zero attached hydrogens (tertiary/aromatic N) is 5. The second kappa shape index (κ2) is 8.22. The Hall–Kier alpha value is -4.07. The predicted molar refractivity (Wildman–Crippen MR) is 123 cm³/mol. The number of carbonyl (C=O) groups is 1. The highest BCUT2D eigenvalue weighted by Gasteiger charge is 2.27. The number of rotatable bonds is 4. The lowest BCUT2D eigenvalue weighted by molar-refractivity contribution is 0.0933. The normalized spacial score (nSPS) is 15.8. The Morgan fingerprint density at radius 1 is 1.03 bits per heavy atom. The summed E-state index contributed by atoms with van der Waals surface area (Å²) in [7, 11) is 1.65. The van der Waals surface area contributed by atoms with E-state index in [-0.39, 0.29) is 11.7 Å². The highest BCUT2D eigenvalue weighted by atomic mass is 16.2. The van der Waals surface area contributed by atoms with E-state index in [1.54, 1.807) is 19.3 Å². The Kier molecular flexibility index (Phi) is 5.10. The highest BCUT2D eigenvalue weighted by molar-refractivity contribution is 5.94. The molecule has 0 spiro atoms. The molecule has 1 aliphatic heterocycles. The molecule has 1 fully saturated rings. The van der Waals surface area contributed by atoms with Gasteiger partial charge in [-0.1, -0.05) is 42.5 Å². The summed E-state index contributed by atoms with van der Waals surface area (Å²) in [6.07, 6.45) is 2.48. The van der Waals surface area contributed by atoms with Gasteiger partial charge in [0.15, 0.2) is 5.69 Å². The van der Waals surface area contributed by atoms with Crippen molar-refractivity contribution in [3.63, 3.8) is 0 Å². The van der Waals surface area contributed by atoms with Crippen LogP contribution in [0.2, 0.25) is 0 Å². The summed E-state index contributed by atoms with van der Waals surface area (Å²) < 4.78 is 1.46. The Bertz CT molecular complexity index is 1350. The first-order valence-corrected chi connectivity index (χ1v) is 10.5. The standard InChI is InChI=1S/C24H22N6O2/c1-29-20-10-6-5-9-19(20)27-21(23(29)32)22(31)26-17-12-14-30(15-17)24-25-13-11-18(28-24)16-7-3-2-4-8-16/h2-11,13,17H,12,14-15H2,1H3,(H,26,31). The zero-order valence-corrected chi connectivity index (χ0v) is 17.6. The molecule has 8 nitrogen and oxygen atoms in total. The number of benzene rings is 2. The molecule has 8 heteroatoms. The van der Waals surface area contributed by atoms with Crippen molar-refractivity contribution >= 4 is 22.9 Å². The first-order valence-electron chi connectivity index (χ1n) is 10.5. The monoisotopic (exact) mass is 426 g/mol. The third-order valence-electron chi connectivity index (χ3n) is 5.72. The van der Waals surface area contributed by atoms with E-state index < -0.39 is 11.5 Å². The third-order valence-corrected chi connectivity index (χ3v) is 5.72. The van der Waals surface area contributed by atoms with Crippen LogP contribution in [-0.2, 0) is 7.05 Å². The molecule has 0 bridgehead atoms. The van der Waals surface area contributed by atoms with Crippen LogP contribution >= 0.6 is 0 Å². The molecule has 1 N–H and O–H groups in total. The van der Waals surface area contributed by atoms with E-state index in [0.29, 0.717) is 30.1 Å². The van der Waals surface area contributed by atoms with Crippen LogP contribution < -0.4 is 15.8 Å². The maximum atomic E-state index is 12.9. The number of fused-ring (bicyclic) bond motifs is 1. The Labute approximate surface area is 184 Å². The molecule has 1 saturated heterocycles. The van der Waals surface area contributed by atoms with Gasteiger partial charge < -0.3 is 14.8 Å². The summed E-state index contributed by atoms with van der Waals surface area (Å²) in [5.41, 5.74) is 2.68. The largest absolute Gasteiger partial charge is 0.346 e. The third kappa shape index (κ3) is 3.71. The van der Waals surface area contributed by atoms with Crippen LogP contribution in [0, 0.1) is 0 Å². The molecule has 3 heterocycles. The molecule has 0 aliphatic carbocycles. The lowest BCUT2D eigenvalue weighted by Crippen LogP contribution is -2.41. The van der Waals surface area contributed by atoms with Gasteiger partial charge in [-0.25, -0.2) is 15.0 Å². The minimum Gasteiger partial charge on any atom is -0.346 e. The molecule has 5 rings (SSSR count). The van der Waals surface area contributed by atoms with E-state index in [4.69, 9.17) is 4.98 Å². The molecule has 32 heavy (non-hydrogen) atoms. The molecular formula is C24H22N6O2. The zero-order valence-electron chi connectivity index (χ0n) is 17.6. The van der Waals surface area contributed by atoms with Crippen LogP contribution in [0.3, 0.4) is 0 Å².